The van der Waals surface area contributed by atoms with Crippen LogP contribution in [0.15, 0.2) is 64.3 Å². The zero-order valence-corrected chi connectivity index (χ0v) is 15.5. The normalized spacial score (nSPS) is 18.0. The number of carbonyl (C=O) groups excluding carboxylic acids is 1. The van der Waals surface area contributed by atoms with Crippen LogP contribution >= 0.6 is 0 Å². The molecule has 2 aliphatic heterocycles. The molecular formula is C20H27N5O2. The molecule has 144 valence electrons. The Labute approximate surface area is 159 Å². The van der Waals surface area contributed by atoms with Crippen LogP contribution in [0, 0.1) is 5.92 Å². The summed E-state index contributed by atoms with van der Waals surface area (Å²) in [5, 5.41) is 7.89. The molecule has 0 saturated carbocycles. The van der Waals surface area contributed by atoms with Gasteiger partial charge in [-0.1, -0.05) is 35.6 Å². The second-order valence-corrected chi connectivity index (χ2v) is 6.92. The van der Waals surface area contributed by atoms with Crippen molar-refractivity contribution in [2.45, 2.75) is 25.7 Å². The van der Waals surface area contributed by atoms with Crippen LogP contribution in [0.25, 0.3) is 0 Å². The zero-order chi connectivity index (χ0) is 18.9. The summed E-state index contributed by atoms with van der Waals surface area (Å²) in [5.41, 5.74) is 11.2. The number of ether oxygens (including phenoxy) is 1. The Kier molecular flexibility index (Phi) is 6.98. The fourth-order valence-corrected chi connectivity index (χ4v) is 3.23. The van der Waals surface area contributed by atoms with E-state index in [4.69, 9.17) is 10.5 Å². The number of piperidine rings is 1. The van der Waals surface area contributed by atoms with Gasteiger partial charge < -0.3 is 15.4 Å². The van der Waals surface area contributed by atoms with Crippen molar-refractivity contribution in [3.8, 4) is 0 Å². The molecule has 0 bridgehead atoms. The molecule has 1 aromatic carbocycles. The first-order valence-corrected chi connectivity index (χ1v) is 9.45. The summed E-state index contributed by atoms with van der Waals surface area (Å²) < 4.78 is 5.46. The number of rotatable bonds is 6. The van der Waals surface area contributed by atoms with E-state index < -0.39 is 0 Å². The van der Waals surface area contributed by atoms with Gasteiger partial charge in [0.05, 0.1) is 0 Å². The van der Waals surface area contributed by atoms with Gasteiger partial charge in [0.2, 0.25) is 0 Å². The van der Waals surface area contributed by atoms with Crippen molar-refractivity contribution in [1.29, 1.82) is 0 Å². The number of hydrogen-bond acceptors (Lipinski definition) is 5. The van der Waals surface area contributed by atoms with E-state index in [9.17, 15) is 4.79 Å². The Morgan fingerprint density at radius 3 is 2.74 bits per heavy atom. The van der Waals surface area contributed by atoms with E-state index in [-0.39, 0.29) is 6.03 Å². The summed E-state index contributed by atoms with van der Waals surface area (Å²) in [6, 6.07) is 10.1. The van der Waals surface area contributed by atoms with Gasteiger partial charge in [-0.3, -0.25) is 0 Å². The van der Waals surface area contributed by atoms with Gasteiger partial charge in [0.1, 0.15) is 18.6 Å². The van der Waals surface area contributed by atoms with E-state index in [2.05, 4.69) is 27.9 Å². The quantitative estimate of drug-likeness (QED) is 0.596. The highest BCUT2D eigenvalue weighted by molar-refractivity contribution is 5.73. The van der Waals surface area contributed by atoms with Crippen LogP contribution in [0.4, 0.5) is 4.79 Å². The van der Waals surface area contributed by atoms with E-state index in [0.717, 1.165) is 31.3 Å². The molecule has 27 heavy (non-hydrogen) atoms. The molecule has 2 aliphatic rings. The van der Waals surface area contributed by atoms with Crippen molar-refractivity contribution < 1.29 is 9.53 Å². The summed E-state index contributed by atoms with van der Waals surface area (Å²) in [5.74, 6) is 0.514. The first kappa shape index (κ1) is 19.1. The summed E-state index contributed by atoms with van der Waals surface area (Å²) >= 11 is 0. The van der Waals surface area contributed by atoms with Crippen LogP contribution < -0.4 is 11.2 Å². The minimum atomic E-state index is -0.222. The molecule has 0 aliphatic carbocycles. The molecule has 7 nitrogen and oxygen atoms in total. The second-order valence-electron chi connectivity index (χ2n) is 6.92. The number of benzene rings is 1. The number of allylic oxidation sites excluding steroid dienone is 1. The fraction of sp³-hybridized carbons (Fsp3) is 0.450. The molecule has 1 saturated heterocycles. The predicted molar refractivity (Wildman–Crippen MR) is 104 cm³/mol. The van der Waals surface area contributed by atoms with Crippen molar-refractivity contribution in [1.82, 2.24) is 10.3 Å². The maximum Gasteiger partial charge on any atom is 0.339 e. The molecule has 0 spiro atoms. The molecular weight excluding hydrogens is 342 g/mol. The average Bonchev–Trinajstić information content (AvgIpc) is 2.73. The minimum Gasteiger partial charge on any atom is -0.495 e. The lowest BCUT2D eigenvalue weighted by atomic mass is 9.97. The number of urea groups is 1. The molecule has 0 unspecified atom stereocenters. The van der Waals surface area contributed by atoms with Crippen LogP contribution in [0.3, 0.4) is 0 Å². The Bertz CT molecular complexity index is 706. The molecule has 3 rings (SSSR count). The van der Waals surface area contributed by atoms with Crippen molar-refractivity contribution in [2.75, 3.05) is 26.2 Å². The van der Waals surface area contributed by atoms with E-state index in [0.29, 0.717) is 37.9 Å². The molecule has 0 atom stereocenters. The summed E-state index contributed by atoms with van der Waals surface area (Å²) in [4.78, 5) is 13.9. The average molecular weight is 369 g/mol. The Hall–Kier alpha value is -2.67. The molecule has 1 aromatic rings. The van der Waals surface area contributed by atoms with Crippen LogP contribution in [-0.4, -0.2) is 37.2 Å². The Morgan fingerprint density at radius 1 is 1.22 bits per heavy atom. The third kappa shape index (κ3) is 5.92. The monoisotopic (exact) mass is 369 g/mol. The first-order chi connectivity index (χ1) is 13.2. The fourth-order valence-electron chi connectivity index (χ4n) is 3.23. The third-order valence-corrected chi connectivity index (χ3v) is 4.95. The summed E-state index contributed by atoms with van der Waals surface area (Å²) in [6.45, 7) is 2.66. The van der Waals surface area contributed by atoms with Gasteiger partial charge in [-0.2, -0.15) is 0 Å². The standard InChI is InChI=1S/C20H27N5O2/c21-13-17-8-10-25(11-9-17)20(26)23-24-22-19-12-18(14-27-15-19)7-6-16-4-2-1-3-5-16/h1-5,12,15,17H,6-11,13-14,21H2,(H,22,23,26). The smallest absolute Gasteiger partial charge is 0.339 e. The lowest BCUT2D eigenvalue weighted by molar-refractivity contribution is 0.171. The Balaban J connectivity index is 1.44. The number of hydrogen-bond donors (Lipinski definition) is 2. The maximum absolute atomic E-state index is 12.1. The van der Waals surface area contributed by atoms with Crippen molar-refractivity contribution >= 4 is 6.03 Å². The van der Waals surface area contributed by atoms with E-state index >= 15 is 0 Å². The van der Waals surface area contributed by atoms with Crippen molar-refractivity contribution in [2.24, 2.45) is 22.0 Å². The highest BCUT2D eigenvalue weighted by Gasteiger charge is 2.21. The number of nitrogens with one attached hydrogen (secondary N) is 1. The van der Waals surface area contributed by atoms with Gasteiger partial charge in [-0.05, 0) is 55.4 Å². The number of likely N-dealkylation sites (tertiary alicyclic amines) is 1. The number of aryl methyl sites for hydroxylation is 1. The van der Waals surface area contributed by atoms with Crippen LogP contribution in [0.2, 0.25) is 0 Å². The highest BCUT2D eigenvalue weighted by Crippen LogP contribution is 2.18. The van der Waals surface area contributed by atoms with Crippen molar-refractivity contribution in [3.05, 3.63) is 59.5 Å². The number of nitrogens with two attached hydrogens (primary N) is 1. The lowest BCUT2D eigenvalue weighted by Crippen LogP contribution is -2.43. The highest BCUT2D eigenvalue weighted by atomic mass is 16.5. The Morgan fingerprint density at radius 2 is 2.00 bits per heavy atom. The maximum atomic E-state index is 12.1. The summed E-state index contributed by atoms with van der Waals surface area (Å²) in [6.07, 6.45) is 7.26. The topological polar surface area (TPSA) is 92.3 Å². The van der Waals surface area contributed by atoms with E-state index in [1.807, 2.05) is 24.3 Å². The predicted octanol–water partition coefficient (Wildman–Crippen LogP) is 3.16. The van der Waals surface area contributed by atoms with E-state index in [1.54, 1.807) is 11.2 Å². The number of carbonyl (C=O) groups is 1. The van der Waals surface area contributed by atoms with Gasteiger partial charge in [-0.25, -0.2) is 10.2 Å². The molecule has 1 fully saturated rings. The van der Waals surface area contributed by atoms with Gasteiger partial charge in [0.15, 0.2) is 0 Å². The first-order valence-electron chi connectivity index (χ1n) is 9.45. The molecule has 2 amide bonds. The largest absolute Gasteiger partial charge is 0.495 e. The van der Waals surface area contributed by atoms with Crippen LogP contribution in [-0.2, 0) is 11.2 Å². The number of amides is 2. The van der Waals surface area contributed by atoms with Gasteiger partial charge in [0, 0.05) is 13.1 Å². The summed E-state index contributed by atoms with van der Waals surface area (Å²) in [7, 11) is 0. The van der Waals surface area contributed by atoms with E-state index in [1.165, 1.54) is 5.56 Å². The SMILES string of the molecule is NCC1CCN(C(=O)NN=NC2=COCC(CCc3ccccc3)=C2)CC1. The molecule has 0 radical (unpaired) electrons. The van der Waals surface area contributed by atoms with Gasteiger partial charge in [-0.15, -0.1) is 5.11 Å². The molecule has 2 heterocycles. The molecule has 0 aromatic heterocycles. The van der Waals surface area contributed by atoms with Crippen LogP contribution in [0.5, 0.6) is 0 Å². The van der Waals surface area contributed by atoms with Gasteiger partial charge >= 0.3 is 6.03 Å². The second kappa shape index (κ2) is 9.87. The molecule has 7 heteroatoms. The minimum absolute atomic E-state index is 0.222. The zero-order valence-electron chi connectivity index (χ0n) is 15.5. The van der Waals surface area contributed by atoms with Crippen molar-refractivity contribution in [3.63, 3.8) is 0 Å². The number of nitrogens with zero attached hydrogens (tertiary/aromatic N) is 3. The van der Waals surface area contributed by atoms with Gasteiger partial charge in [0.25, 0.3) is 0 Å². The third-order valence-electron chi connectivity index (χ3n) is 4.95. The van der Waals surface area contributed by atoms with Crippen LogP contribution in [0.1, 0.15) is 24.8 Å². The molecule has 3 N–H and O–H groups in total. The lowest BCUT2D eigenvalue weighted by Gasteiger charge is -2.30.